The molecular weight excluding hydrogens is 471 g/mol. The average Bonchev–Trinajstić information content (AvgIpc) is 3.45. The minimum absolute atomic E-state index is 0.0534. The van der Waals surface area contributed by atoms with E-state index in [1.165, 1.54) is 62.9 Å². The number of thiazole rings is 1. The Labute approximate surface area is 194 Å². The van der Waals surface area contributed by atoms with Crippen LogP contribution >= 0.6 is 22.7 Å². The third-order valence-corrected chi connectivity index (χ3v) is 6.37. The van der Waals surface area contributed by atoms with Gasteiger partial charge in [-0.05, 0) is 36.4 Å². The van der Waals surface area contributed by atoms with Gasteiger partial charge in [0.05, 0.1) is 40.5 Å². The van der Waals surface area contributed by atoms with Gasteiger partial charge in [-0.2, -0.15) is 10.1 Å². The van der Waals surface area contributed by atoms with E-state index in [0.717, 1.165) is 27.7 Å². The molecule has 0 fully saturated rings. The summed E-state index contributed by atoms with van der Waals surface area (Å²) in [5.41, 5.74) is 0.713. The second kappa shape index (κ2) is 9.30. The first-order valence-corrected chi connectivity index (χ1v) is 10.9. The third kappa shape index (κ3) is 4.81. The average molecular weight is 487 g/mol. The Balaban J connectivity index is 1.78. The molecule has 0 aliphatic heterocycles. The Morgan fingerprint density at radius 2 is 1.85 bits per heavy atom. The van der Waals surface area contributed by atoms with Gasteiger partial charge < -0.3 is 9.47 Å². The maximum atomic E-state index is 13.7. The minimum Gasteiger partial charge on any atom is -0.497 e. The van der Waals surface area contributed by atoms with Crippen LogP contribution in [-0.4, -0.2) is 36.2 Å². The number of rotatable bonds is 7. The first-order chi connectivity index (χ1) is 15.9. The van der Waals surface area contributed by atoms with E-state index in [9.17, 15) is 19.3 Å². The van der Waals surface area contributed by atoms with Crippen molar-refractivity contribution in [2.45, 2.75) is 0 Å². The molecule has 0 N–H and O–H groups in total. The van der Waals surface area contributed by atoms with Crippen LogP contribution in [0, 0.1) is 15.9 Å². The maximum absolute atomic E-state index is 13.7. The summed E-state index contributed by atoms with van der Waals surface area (Å²) in [4.78, 5) is 28.8. The molecular formula is C21H15FN4O5S2. The monoisotopic (exact) mass is 486 g/mol. The standard InChI is InChI=1S/C21H15FN4O5S2/c1-30-14-7-12(8-15(10-14)31-2)20(27)25(23-11-16-4-6-19(32-16)26(28)29)21-24-17-5-3-13(22)9-18(17)33-21/h3-11H,1-2H3/b23-11+. The van der Waals surface area contributed by atoms with Crippen molar-refractivity contribution in [3.8, 4) is 11.5 Å². The molecule has 0 atom stereocenters. The van der Waals surface area contributed by atoms with Gasteiger partial charge in [-0.3, -0.25) is 14.9 Å². The topological polar surface area (TPSA) is 107 Å². The van der Waals surface area contributed by atoms with E-state index < -0.39 is 16.6 Å². The van der Waals surface area contributed by atoms with E-state index in [0.29, 0.717) is 26.6 Å². The molecule has 33 heavy (non-hydrogen) atoms. The number of carbonyl (C=O) groups is 1. The van der Waals surface area contributed by atoms with Crippen LogP contribution in [0.4, 0.5) is 14.5 Å². The summed E-state index contributed by atoms with van der Waals surface area (Å²) in [6.45, 7) is 0. The number of fused-ring (bicyclic) bond motifs is 1. The number of carbonyl (C=O) groups excluding carboxylic acids is 1. The predicted molar refractivity (Wildman–Crippen MR) is 125 cm³/mol. The predicted octanol–water partition coefficient (Wildman–Crippen LogP) is 5.10. The quantitative estimate of drug-likeness (QED) is 0.204. The summed E-state index contributed by atoms with van der Waals surface area (Å²) in [6.07, 6.45) is 1.33. The highest BCUT2D eigenvalue weighted by Gasteiger charge is 2.23. The van der Waals surface area contributed by atoms with Crippen molar-refractivity contribution in [2.75, 3.05) is 19.2 Å². The van der Waals surface area contributed by atoms with Gasteiger partial charge >= 0.3 is 5.00 Å². The van der Waals surface area contributed by atoms with Gasteiger partial charge in [0.25, 0.3) is 5.91 Å². The number of hydrogen-bond acceptors (Lipinski definition) is 9. The molecule has 0 saturated carbocycles. The van der Waals surface area contributed by atoms with Crippen molar-refractivity contribution in [1.29, 1.82) is 0 Å². The van der Waals surface area contributed by atoms with Gasteiger partial charge in [-0.15, -0.1) is 0 Å². The Kier molecular flexibility index (Phi) is 6.29. The maximum Gasteiger partial charge on any atom is 0.324 e. The lowest BCUT2D eigenvalue weighted by Crippen LogP contribution is -2.25. The van der Waals surface area contributed by atoms with Crippen molar-refractivity contribution in [3.63, 3.8) is 0 Å². The summed E-state index contributed by atoms with van der Waals surface area (Å²) in [5, 5.41) is 16.4. The molecule has 12 heteroatoms. The van der Waals surface area contributed by atoms with Crippen molar-refractivity contribution in [2.24, 2.45) is 5.10 Å². The summed E-state index contributed by atoms with van der Waals surface area (Å²) in [6, 6.07) is 11.7. The molecule has 0 saturated heterocycles. The summed E-state index contributed by atoms with van der Waals surface area (Å²) >= 11 is 1.99. The van der Waals surface area contributed by atoms with Crippen molar-refractivity contribution in [3.05, 3.63) is 74.9 Å². The van der Waals surface area contributed by atoms with E-state index in [2.05, 4.69) is 10.1 Å². The highest BCUT2D eigenvalue weighted by atomic mass is 32.1. The van der Waals surface area contributed by atoms with Crippen LogP contribution in [0.15, 0.2) is 53.6 Å². The number of methoxy groups -OCH3 is 2. The van der Waals surface area contributed by atoms with Gasteiger partial charge in [0, 0.05) is 17.7 Å². The number of amides is 1. The molecule has 0 bridgehead atoms. The molecule has 2 aromatic heterocycles. The molecule has 4 aromatic rings. The van der Waals surface area contributed by atoms with Gasteiger partial charge in [0.15, 0.2) is 0 Å². The molecule has 0 unspecified atom stereocenters. The molecule has 0 spiro atoms. The normalized spacial score (nSPS) is 11.1. The number of ether oxygens (including phenoxy) is 2. The van der Waals surface area contributed by atoms with Crippen molar-refractivity contribution < 1.29 is 23.6 Å². The number of aromatic nitrogens is 1. The second-order valence-corrected chi connectivity index (χ2v) is 8.61. The fraction of sp³-hybridized carbons (Fsp3) is 0.0952. The van der Waals surface area contributed by atoms with Crippen LogP contribution in [0.2, 0.25) is 0 Å². The van der Waals surface area contributed by atoms with E-state index in [1.807, 2.05) is 0 Å². The molecule has 0 radical (unpaired) electrons. The molecule has 0 aliphatic carbocycles. The van der Waals surface area contributed by atoms with Gasteiger partial charge in [0.2, 0.25) is 5.13 Å². The van der Waals surface area contributed by atoms with E-state index >= 15 is 0 Å². The Morgan fingerprint density at radius 1 is 1.12 bits per heavy atom. The van der Waals surface area contributed by atoms with Crippen LogP contribution in [0.1, 0.15) is 15.2 Å². The smallest absolute Gasteiger partial charge is 0.324 e. The number of hydrogen-bond donors (Lipinski definition) is 0. The Bertz CT molecular complexity index is 1360. The number of benzene rings is 2. The lowest BCUT2D eigenvalue weighted by Gasteiger charge is -2.15. The van der Waals surface area contributed by atoms with Crippen LogP contribution in [0.25, 0.3) is 10.2 Å². The number of hydrazone groups is 1. The molecule has 4 rings (SSSR count). The number of nitrogens with zero attached hydrogens (tertiary/aromatic N) is 4. The Hall–Kier alpha value is -3.90. The van der Waals surface area contributed by atoms with Crippen LogP contribution in [0.5, 0.6) is 11.5 Å². The summed E-state index contributed by atoms with van der Waals surface area (Å²) in [7, 11) is 2.93. The fourth-order valence-electron chi connectivity index (χ4n) is 2.84. The van der Waals surface area contributed by atoms with Crippen LogP contribution in [-0.2, 0) is 0 Å². The highest BCUT2D eigenvalue weighted by molar-refractivity contribution is 7.22. The van der Waals surface area contributed by atoms with Gasteiger partial charge in [-0.25, -0.2) is 9.37 Å². The number of nitro groups is 1. The molecule has 168 valence electrons. The lowest BCUT2D eigenvalue weighted by atomic mass is 10.2. The zero-order chi connectivity index (χ0) is 23.5. The lowest BCUT2D eigenvalue weighted by molar-refractivity contribution is -0.380. The van der Waals surface area contributed by atoms with E-state index in [1.54, 1.807) is 6.07 Å². The molecule has 1 amide bonds. The first-order valence-electron chi connectivity index (χ1n) is 9.30. The largest absolute Gasteiger partial charge is 0.497 e. The second-order valence-electron chi connectivity index (χ2n) is 6.50. The molecule has 2 aromatic carbocycles. The zero-order valence-electron chi connectivity index (χ0n) is 17.2. The van der Waals surface area contributed by atoms with E-state index in [-0.39, 0.29) is 15.7 Å². The van der Waals surface area contributed by atoms with Crippen molar-refractivity contribution in [1.82, 2.24) is 4.98 Å². The van der Waals surface area contributed by atoms with Crippen LogP contribution in [0.3, 0.4) is 0 Å². The number of thiophene rings is 1. The third-order valence-electron chi connectivity index (χ3n) is 4.40. The molecule has 9 nitrogen and oxygen atoms in total. The van der Waals surface area contributed by atoms with Gasteiger partial charge in [-0.1, -0.05) is 22.7 Å². The van der Waals surface area contributed by atoms with E-state index in [4.69, 9.17) is 9.47 Å². The Morgan fingerprint density at radius 3 is 2.48 bits per heavy atom. The molecule has 2 heterocycles. The summed E-state index contributed by atoms with van der Waals surface area (Å²) < 4.78 is 24.7. The zero-order valence-corrected chi connectivity index (χ0v) is 18.9. The minimum atomic E-state index is -0.547. The fourth-order valence-corrected chi connectivity index (χ4v) is 4.48. The molecule has 0 aliphatic rings. The summed E-state index contributed by atoms with van der Waals surface area (Å²) in [5.74, 6) is -0.166. The van der Waals surface area contributed by atoms with Crippen LogP contribution < -0.4 is 14.5 Å². The van der Waals surface area contributed by atoms with Gasteiger partial charge in [0.1, 0.15) is 17.3 Å². The first kappa shape index (κ1) is 22.3. The number of anilines is 1. The highest BCUT2D eigenvalue weighted by Crippen LogP contribution is 2.32. The number of halogens is 1. The van der Waals surface area contributed by atoms with Crippen molar-refractivity contribution >= 4 is 55.1 Å². The SMILES string of the molecule is COc1cc(OC)cc(C(=O)N(/N=C/c2ccc([N+](=O)[O-])s2)c2nc3ccc(F)cc3s2)c1.